The molecule has 20 heavy (non-hydrogen) atoms. The zero-order chi connectivity index (χ0) is 15.5. The lowest BCUT2D eigenvalue weighted by atomic mass is 10.0. The predicted octanol–water partition coefficient (Wildman–Crippen LogP) is 2.16. The maximum Gasteiger partial charge on any atom is 0.282 e. The Hall–Kier alpha value is -1.60. The van der Waals surface area contributed by atoms with Crippen LogP contribution in [0, 0.1) is 10.1 Å². The fourth-order valence-electron chi connectivity index (χ4n) is 1.53. The van der Waals surface area contributed by atoms with E-state index in [1.165, 1.54) is 35.8 Å². The number of amides is 1. The molecule has 110 valence electrons. The molecule has 0 saturated heterocycles. The first-order chi connectivity index (χ1) is 9.24. The lowest BCUT2D eigenvalue weighted by Crippen LogP contribution is -2.47. The highest BCUT2D eigenvalue weighted by Gasteiger charge is 2.31. The van der Waals surface area contributed by atoms with Gasteiger partial charge in [0.05, 0.1) is 17.1 Å². The molecule has 0 aliphatic rings. The number of nitro benzene ring substituents is 1. The van der Waals surface area contributed by atoms with Crippen molar-refractivity contribution in [2.24, 2.45) is 0 Å². The van der Waals surface area contributed by atoms with Crippen molar-refractivity contribution in [1.29, 1.82) is 0 Å². The van der Waals surface area contributed by atoms with Gasteiger partial charge in [-0.2, -0.15) is 0 Å². The van der Waals surface area contributed by atoms with Crippen LogP contribution in [0.1, 0.15) is 24.2 Å². The third kappa shape index (κ3) is 3.29. The summed E-state index contributed by atoms with van der Waals surface area (Å²) in [4.78, 5) is 25.0. The van der Waals surface area contributed by atoms with E-state index in [4.69, 9.17) is 0 Å². The number of hydrogen-bond donors (Lipinski definition) is 1. The topological polar surface area (TPSA) is 83.7 Å². The van der Waals surface area contributed by atoms with Crippen LogP contribution in [0.2, 0.25) is 0 Å². The Labute approximate surface area is 121 Å². The van der Waals surface area contributed by atoms with E-state index in [-0.39, 0.29) is 17.9 Å². The molecule has 0 radical (unpaired) electrons. The first kappa shape index (κ1) is 16.5. The fourth-order valence-corrected chi connectivity index (χ4v) is 1.97. The van der Waals surface area contributed by atoms with Crippen molar-refractivity contribution in [2.45, 2.75) is 24.3 Å². The summed E-state index contributed by atoms with van der Waals surface area (Å²) in [5, 5.41) is 20.4. The van der Waals surface area contributed by atoms with Gasteiger partial charge >= 0.3 is 0 Å². The van der Waals surface area contributed by atoms with Crippen LogP contribution < -0.4 is 0 Å². The van der Waals surface area contributed by atoms with E-state index in [1.807, 2.05) is 6.26 Å². The second-order valence-electron chi connectivity index (χ2n) is 4.97. The van der Waals surface area contributed by atoms with E-state index < -0.39 is 16.4 Å². The Bertz CT molecular complexity index is 531. The number of thioether (sulfide) groups is 1. The summed E-state index contributed by atoms with van der Waals surface area (Å²) in [6, 6.07) is 4.45. The molecule has 7 heteroatoms. The molecule has 0 fully saturated rings. The molecule has 0 atom stereocenters. The molecule has 0 unspecified atom stereocenters. The summed E-state index contributed by atoms with van der Waals surface area (Å²) in [6.07, 6.45) is 1.83. The van der Waals surface area contributed by atoms with Gasteiger partial charge in [-0.15, -0.1) is 11.8 Å². The van der Waals surface area contributed by atoms with Crippen molar-refractivity contribution in [3.8, 4) is 0 Å². The van der Waals surface area contributed by atoms with Crippen LogP contribution in [0.25, 0.3) is 0 Å². The number of likely N-dealkylation sites (N-methyl/N-ethyl adjacent to an activating group) is 1. The van der Waals surface area contributed by atoms with Crippen molar-refractivity contribution < 1.29 is 14.8 Å². The highest BCUT2D eigenvalue weighted by Crippen LogP contribution is 2.27. The average molecular weight is 298 g/mol. The molecule has 1 rings (SSSR count). The van der Waals surface area contributed by atoms with Crippen molar-refractivity contribution in [2.75, 3.05) is 19.9 Å². The lowest BCUT2D eigenvalue weighted by Gasteiger charge is -2.33. The molecular formula is C13H18N2O4S. The molecule has 1 N–H and O–H groups in total. The summed E-state index contributed by atoms with van der Waals surface area (Å²) >= 11 is 1.40. The van der Waals surface area contributed by atoms with Crippen molar-refractivity contribution in [3.63, 3.8) is 0 Å². The number of hydrogen-bond acceptors (Lipinski definition) is 5. The highest BCUT2D eigenvalue weighted by molar-refractivity contribution is 7.98. The summed E-state index contributed by atoms with van der Waals surface area (Å²) < 4.78 is 0. The van der Waals surface area contributed by atoms with Gasteiger partial charge in [-0.3, -0.25) is 14.9 Å². The maximum atomic E-state index is 12.4. The van der Waals surface area contributed by atoms with Crippen molar-refractivity contribution in [1.82, 2.24) is 4.90 Å². The van der Waals surface area contributed by atoms with E-state index in [2.05, 4.69) is 0 Å². The molecule has 0 heterocycles. The molecule has 0 aliphatic heterocycles. The average Bonchev–Trinajstić information content (AvgIpc) is 2.44. The van der Waals surface area contributed by atoms with E-state index >= 15 is 0 Å². The van der Waals surface area contributed by atoms with Crippen LogP contribution in [0.4, 0.5) is 5.69 Å². The number of aliphatic hydroxyl groups is 1. The van der Waals surface area contributed by atoms with Crippen LogP contribution in [-0.4, -0.2) is 46.3 Å². The minimum Gasteiger partial charge on any atom is -0.394 e. The Morgan fingerprint density at radius 3 is 2.55 bits per heavy atom. The van der Waals surface area contributed by atoms with Crippen LogP contribution in [-0.2, 0) is 0 Å². The summed E-state index contributed by atoms with van der Waals surface area (Å²) in [5.74, 6) is -0.480. The van der Waals surface area contributed by atoms with E-state index in [9.17, 15) is 20.0 Å². The van der Waals surface area contributed by atoms with Crippen LogP contribution in [0.3, 0.4) is 0 Å². The molecule has 0 saturated carbocycles. The van der Waals surface area contributed by atoms with E-state index in [0.717, 1.165) is 4.90 Å². The molecule has 6 nitrogen and oxygen atoms in total. The molecule has 0 aromatic heterocycles. The first-order valence-electron chi connectivity index (χ1n) is 5.96. The lowest BCUT2D eigenvalue weighted by molar-refractivity contribution is -0.385. The van der Waals surface area contributed by atoms with E-state index in [0.29, 0.717) is 0 Å². The summed E-state index contributed by atoms with van der Waals surface area (Å²) in [7, 11) is 1.52. The normalized spacial score (nSPS) is 11.2. The van der Waals surface area contributed by atoms with Crippen molar-refractivity contribution >= 4 is 23.4 Å². The monoisotopic (exact) mass is 298 g/mol. The summed E-state index contributed by atoms with van der Waals surface area (Å²) in [6.45, 7) is 3.15. The number of nitrogens with zero attached hydrogens (tertiary/aromatic N) is 2. The number of nitro groups is 1. The highest BCUT2D eigenvalue weighted by atomic mass is 32.2. The Kier molecular flexibility index (Phi) is 5.13. The molecular weight excluding hydrogens is 280 g/mol. The number of aliphatic hydroxyl groups excluding tert-OH is 1. The third-order valence-corrected chi connectivity index (χ3v) is 3.96. The quantitative estimate of drug-likeness (QED) is 0.511. The zero-order valence-electron chi connectivity index (χ0n) is 11.9. The molecule has 0 bridgehead atoms. The maximum absolute atomic E-state index is 12.4. The van der Waals surface area contributed by atoms with Gasteiger partial charge in [-0.05, 0) is 32.2 Å². The number of benzene rings is 1. The van der Waals surface area contributed by atoms with Gasteiger partial charge in [0, 0.05) is 18.0 Å². The Morgan fingerprint density at radius 1 is 1.50 bits per heavy atom. The second-order valence-corrected chi connectivity index (χ2v) is 5.85. The second kappa shape index (κ2) is 6.23. The van der Waals surface area contributed by atoms with Gasteiger partial charge in [0.15, 0.2) is 0 Å². The number of carbonyl (C=O) groups is 1. The van der Waals surface area contributed by atoms with Gasteiger partial charge in [0.25, 0.3) is 11.6 Å². The fraction of sp³-hybridized carbons (Fsp3) is 0.462. The molecule has 0 aliphatic carbocycles. The first-order valence-corrected chi connectivity index (χ1v) is 7.18. The Balaban J connectivity index is 3.29. The Morgan fingerprint density at radius 2 is 2.10 bits per heavy atom. The van der Waals surface area contributed by atoms with Crippen LogP contribution in [0.15, 0.2) is 23.1 Å². The smallest absolute Gasteiger partial charge is 0.282 e. The van der Waals surface area contributed by atoms with Gasteiger partial charge < -0.3 is 10.0 Å². The number of carbonyl (C=O) groups excluding carboxylic acids is 1. The third-order valence-electron chi connectivity index (χ3n) is 3.23. The molecule has 1 aromatic carbocycles. The van der Waals surface area contributed by atoms with Crippen molar-refractivity contribution in [3.05, 3.63) is 33.9 Å². The molecule has 0 spiro atoms. The SMILES string of the molecule is CSc1ccc([N+](=O)[O-])c(C(=O)N(C)C(C)(C)CO)c1. The van der Waals surface area contributed by atoms with Crippen LogP contribution >= 0.6 is 11.8 Å². The zero-order valence-corrected chi connectivity index (χ0v) is 12.7. The molecule has 1 aromatic rings. The van der Waals surface area contributed by atoms with Gasteiger partial charge in [0.2, 0.25) is 0 Å². The minimum absolute atomic E-state index is 0.0332. The van der Waals surface area contributed by atoms with Gasteiger partial charge in [-0.1, -0.05) is 0 Å². The van der Waals surface area contributed by atoms with Gasteiger partial charge in [-0.25, -0.2) is 0 Å². The minimum atomic E-state index is -0.791. The molecule has 1 amide bonds. The van der Waals surface area contributed by atoms with Crippen LogP contribution in [0.5, 0.6) is 0 Å². The summed E-state index contributed by atoms with van der Waals surface area (Å²) in [5.41, 5.74) is -0.986. The van der Waals surface area contributed by atoms with Gasteiger partial charge in [0.1, 0.15) is 5.56 Å². The predicted molar refractivity (Wildman–Crippen MR) is 78.1 cm³/mol. The standard InChI is InChI=1S/C13H18N2O4S/c1-13(2,8-16)14(3)12(17)10-7-9(20-4)5-6-11(10)15(18)19/h5-7,16H,8H2,1-4H3. The van der Waals surface area contributed by atoms with E-state index in [1.54, 1.807) is 19.9 Å². The largest absolute Gasteiger partial charge is 0.394 e. The number of rotatable bonds is 5.